The summed E-state index contributed by atoms with van der Waals surface area (Å²) in [7, 11) is 3.11. The Morgan fingerprint density at radius 3 is 2.83 bits per heavy atom. The number of allylic oxidation sites excluding steroid dienone is 1. The van der Waals surface area contributed by atoms with Gasteiger partial charge >= 0.3 is 0 Å². The van der Waals surface area contributed by atoms with Gasteiger partial charge in [0.2, 0.25) is 11.8 Å². The number of hydrogen-bond donors (Lipinski definition) is 0. The molecule has 2 aromatic rings. The second-order valence-electron chi connectivity index (χ2n) is 3.54. The summed E-state index contributed by atoms with van der Waals surface area (Å²) in [6, 6.07) is 4.58. The zero-order valence-corrected chi connectivity index (χ0v) is 10.4. The Hall–Kier alpha value is -2.17. The number of fused-ring (bicyclic) bond motifs is 1. The van der Waals surface area contributed by atoms with Crippen LogP contribution in [0.2, 0.25) is 0 Å². The highest BCUT2D eigenvalue weighted by Crippen LogP contribution is 2.23. The summed E-state index contributed by atoms with van der Waals surface area (Å²) < 4.78 is 24.2. The molecule has 0 spiro atoms. The van der Waals surface area contributed by atoms with Crippen molar-refractivity contribution in [3.05, 3.63) is 36.0 Å². The van der Waals surface area contributed by atoms with Crippen molar-refractivity contribution in [3.63, 3.8) is 0 Å². The largest absolute Gasteiger partial charge is 0.481 e. The van der Waals surface area contributed by atoms with Crippen LogP contribution in [0.25, 0.3) is 16.7 Å². The summed E-state index contributed by atoms with van der Waals surface area (Å²) in [6.45, 7) is 1.81. The van der Waals surface area contributed by atoms with Gasteiger partial charge in [0, 0.05) is 7.05 Å². The van der Waals surface area contributed by atoms with Crippen molar-refractivity contribution in [1.29, 1.82) is 0 Å². The minimum Gasteiger partial charge on any atom is -0.481 e. The molecule has 0 N–H and O–H groups in total. The molecular formula is C13H13FN2O2. The van der Waals surface area contributed by atoms with E-state index in [2.05, 4.69) is 9.98 Å². The Morgan fingerprint density at radius 1 is 1.50 bits per heavy atom. The molecule has 2 rings (SSSR count). The first-order valence-corrected chi connectivity index (χ1v) is 5.44. The molecule has 0 aliphatic heterocycles. The summed E-state index contributed by atoms with van der Waals surface area (Å²) in [5, 5.41) is 0. The second-order valence-corrected chi connectivity index (χ2v) is 3.54. The van der Waals surface area contributed by atoms with E-state index in [9.17, 15) is 4.39 Å². The van der Waals surface area contributed by atoms with Gasteiger partial charge < -0.3 is 9.15 Å². The Morgan fingerprint density at radius 2 is 2.28 bits per heavy atom. The molecule has 0 aliphatic rings. The van der Waals surface area contributed by atoms with Crippen molar-refractivity contribution in [2.24, 2.45) is 4.99 Å². The van der Waals surface area contributed by atoms with Gasteiger partial charge in [0.15, 0.2) is 11.4 Å². The third-order valence-corrected chi connectivity index (χ3v) is 2.52. The number of hydrogen-bond acceptors (Lipinski definition) is 4. The van der Waals surface area contributed by atoms with E-state index in [0.29, 0.717) is 22.9 Å². The third-order valence-electron chi connectivity index (χ3n) is 2.52. The molecule has 0 unspecified atom stereocenters. The topological polar surface area (TPSA) is 47.6 Å². The fourth-order valence-electron chi connectivity index (χ4n) is 1.69. The van der Waals surface area contributed by atoms with Crippen LogP contribution in [-0.2, 0) is 4.74 Å². The highest BCUT2D eigenvalue weighted by molar-refractivity contribution is 6.18. The molecule has 0 radical (unpaired) electrons. The molecule has 5 heteroatoms. The van der Waals surface area contributed by atoms with Gasteiger partial charge in [0.25, 0.3) is 0 Å². The lowest BCUT2D eigenvalue weighted by Gasteiger charge is -2.04. The van der Waals surface area contributed by atoms with Gasteiger partial charge in [-0.25, -0.2) is 9.37 Å². The number of rotatable bonds is 2. The number of halogens is 1. The summed E-state index contributed by atoms with van der Waals surface area (Å²) in [6.07, 6.45) is 1.76. The zero-order chi connectivity index (χ0) is 13.1. The number of aliphatic imine (C=N–C) groups is 1. The third kappa shape index (κ3) is 1.99. The molecule has 0 bridgehead atoms. The first kappa shape index (κ1) is 12.3. The molecule has 0 atom stereocenters. The van der Waals surface area contributed by atoms with Gasteiger partial charge in [-0.15, -0.1) is 0 Å². The fraction of sp³-hybridized carbons (Fsp3) is 0.231. The number of aromatic nitrogens is 1. The van der Waals surface area contributed by atoms with Gasteiger partial charge in [-0.2, -0.15) is 0 Å². The number of nitrogens with zero attached hydrogens (tertiary/aromatic N) is 2. The average molecular weight is 248 g/mol. The predicted octanol–water partition coefficient (Wildman–Crippen LogP) is 3.04. The Bertz CT molecular complexity index is 629. The smallest absolute Gasteiger partial charge is 0.232 e. The molecule has 18 heavy (non-hydrogen) atoms. The van der Waals surface area contributed by atoms with Crippen LogP contribution in [0, 0.1) is 5.82 Å². The van der Waals surface area contributed by atoms with Crippen molar-refractivity contribution in [3.8, 4) is 0 Å². The molecule has 0 aliphatic carbocycles. The van der Waals surface area contributed by atoms with E-state index in [1.54, 1.807) is 25.3 Å². The van der Waals surface area contributed by atoms with Crippen LogP contribution < -0.4 is 0 Å². The number of benzene rings is 1. The van der Waals surface area contributed by atoms with Crippen molar-refractivity contribution in [2.45, 2.75) is 6.92 Å². The number of ether oxygens (including phenoxy) is 1. The molecule has 1 heterocycles. The maximum atomic E-state index is 13.5. The Balaban J connectivity index is 2.57. The molecule has 94 valence electrons. The average Bonchev–Trinajstić information content (AvgIpc) is 2.80. The molecule has 0 saturated heterocycles. The first-order chi connectivity index (χ1) is 8.71. The van der Waals surface area contributed by atoms with E-state index in [0.717, 1.165) is 0 Å². The normalized spacial score (nSPS) is 13.1. The van der Waals surface area contributed by atoms with Crippen LogP contribution in [0.4, 0.5) is 4.39 Å². The fourth-order valence-corrected chi connectivity index (χ4v) is 1.69. The van der Waals surface area contributed by atoms with Crippen molar-refractivity contribution in [1.82, 2.24) is 4.98 Å². The standard InChI is InChI=1S/C13H13FN2O2/c1-4-8(12(15-2)17-3)13-16-11-9(14)6-5-7-10(11)18-13/h4-7H,1-3H3/b8-4+,15-12?. The van der Waals surface area contributed by atoms with Gasteiger partial charge in [-0.3, -0.25) is 4.99 Å². The van der Waals surface area contributed by atoms with Crippen molar-refractivity contribution in [2.75, 3.05) is 14.2 Å². The molecular weight excluding hydrogens is 235 g/mol. The van der Waals surface area contributed by atoms with E-state index in [1.165, 1.54) is 13.2 Å². The first-order valence-electron chi connectivity index (χ1n) is 5.44. The number of methoxy groups -OCH3 is 1. The Kier molecular flexibility index (Phi) is 3.41. The lowest BCUT2D eigenvalue weighted by molar-refractivity contribution is 0.406. The molecule has 0 amide bonds. The van der Waals surface area contributed by atoms with Crippen LogP contribution >= 0.6 is 0 Å². The Labute approximate surface area is 104 Å². The minimum atomic E-state index is -0.412. The second kappa shape index (κ2) is 5.00. The van der Waals surface area contributed by atoms with Crippen LogP contribution in [0.15, 0.2) is 33.7 Å². The van der Waals surface area contributed by atoms with Crippen LogP contribution in [0.1, 0.15) is 12.8 Å². The maximum Gasteiger partial charge on any atom is 0.232 e. The van der Waals surface area contributed by atoms with Gasteiger partial charge in [0.1, 0.15) is 5.52 Å². The van der Waals surface area contributed by atoms with E-state index in [4.69, 9.17) is 9.15 Å². The SMILES string of the molecule is C/C=C(\C(=NC)OC)c1nc2c(F)cccc2o1. The van der Waals surface area contributed by atoms with E-state index in [-0.39, 0.29) is 5.52 Å². The molecule has 1 aromatic carbocycles. The lowest BCUT2D eigenvalue weighted by Crippen LogP contribution is -2.04. The maximum absolute atomic E-state index is 13.5. The quantitative estimate of drug-likeness (QED) is 0.606. The van der Waals surface area contributed by atoms with Gasteiger partial charge in [0.05, 0.1) is 12.7 Å². The van der Waals surface area contributed by atoms with Crippen LogP contribution in [-0.4, -0.2) is 25.0 Å². The summed E-state index contributed by atoms with van der Waals surface area (Å²) in [5.41, 5.74) is 1.20. The summed E-state index contributed by atoms with van der Waals surface area (Å²) >= 11 is 0. The minimum absolute atomic E-state index is 0.207. The van der Waals surface area contributed by atoms with Gasteiger partial charge in [-0.1, -0.05) is 12.1 Å². The van der Waals surface area contributed by atoms with Crippen LogP contribution in [0.3, 0.4) is 0 Å². The summed E-state index contributed by atoms with van der Waals surface area (Å²) in [5.74, 6) is 0.273. The monoisotopic (exact) mass is 248 g/mol. The summed E-state index contributed by atoms with van der Waals surface area (Å²) in [4.78, 5) is 8.11. The van der Waals surface area contributed by atoms with E-state index >= 15 is 0 Å². The van der Waals surface area contributed by atoms with E-state index in [1.807, 2.05) is 6.92 Å². The molecule has 4 nitrogen and oxygen atoms in total. The number of para-hydroxylation sites is 1. The molecule has 1 aromatic heterocycles. The van der Waals surface area contributed by atoms with Crippen LogP contribution in [0.5, 0.6) is 0 Å². The van der Waals surface area contributed by atoms with Crippen molar-refractivity contribution < 1.29 is 13.5 Å². The molecule has 0 fully saturated rings. The lowest BCUT2D eigenvalue weighted by atomic mass is 10.2. The number of oxazole rings is 1. The van der Waals surface area contributed by atoms with Crippen molar-refractivity contribution >= 4 is 22.6 Å². The predicted molar refractivity (Wildman–Crippen MR) is 68.0 cm³/mol. The van der Waals surface area contributed by atoms with Gasteiger partial charge in [-0.05, 0) is 19.1 Å². The highest BCUT2D eigenvalue weighted by atomic mass is 19.1. The molecule has 0 saturated carbocycles. The van der Waals surface area contributed by atoms with E-state index < -0.39 is 5.82 Å². The highest BCUT2D eigenvalue weighted by Gasteiger charge is 2.17. The zero-order valence-electron chi connectivity index (χ0n) is 10.4.